The smallest absolute Gasteiger partial charge is 0.310 e. The quantitative estimate of drug-likeness (QED) is 0.272. The summed E-state index contributed by atoms with van der Waals surface area (Å²) in [7, 11) is 1.50. The Morgan fingerprint density at radius 3 is 2.13 bits per heavy atom. The first-order valence-corrected chi connectivity index (χ1v) is 10.9. The Kier molecular flexibility index (Phi) is 5.93. The van der Waals surface area contributed by atoms with E-state index in [-0.39, 0.29) is 5.69 Å². The number of carbonyl (C=O) groups excluding carboxylic acids is 1. The standard InChI is InChI=1S/C25H16F6N6O/c1-35(17-6-8-18(9-7-17)37-11-10-21(34-37)25(29,30)31)23(38)19-14-36-20(12-33-22(36)13-32-19)15-2-4-16(5-3-15)24(26,27)28/h2-14H,1H3. The highest BCUT2D eigenvalue weighted by molar-refractivity contribution is 6.04. The number of hydrogen-bond acceptors (Lipinski definition) is 4. The summed E-state index contributed by atoms with van der Waals surface area (Å²) >= 11 is 0. The molecule has 194 valence electrons. The van der Waals surface area contributed by atoms with Crippen molar-refractivity contribution in [2.45, 2.75) is 12.4 Å². The molecule has 5 rings (SSSR count). The van der Waals surface area contributed by atoms with Gasteiger partial charge in [-0.25, -0.2) is 14.6 Å². The molecule has 0 aliphatic carbocycles. The highest BCUT2D eigenvalue weighted by atomic mass is 19.4. The molecule has 1 amide bonds. The normalized spacial score (nSPS) is 12.2. The lowest BCUT2D eigenvalue weighted by Gasteiger charge is -2.17. The zero-order valence-corrected chi connectivity index (χ0v) is 19.4. The topological polar surface area (TPSA) is 68.3 Å². The number of nitrogens with zero attached hydrogens (tertiary/aromatic N) is 6. The van der Waals surface area contributed by atoms with Crippen molar-refractivity contribution in [2.24, 2.45) is 0 Å². The van der Waals surface area contributed by atoms with Crippen molar-refractivity contribution in [1.82, 2.24) is 24.1 Å². The number of imidazole rings is 1. The Morgan fingerprint density at radius 2 is 1.53 bits per heavy atom. The summed E-state index contributed by atoms with van der Waals surface area (Å²) in [4.78, 5) is 22.8. The van der Waals surface area contributed by atoms with Gasteiger partial charge in [0.1, 0.15) is 5.69 Å². The number of benzene rings is 2. The van der Waals surface area contributed by atoms with E-state index in [1.165, 1.54) is 61.0 Å². The fraction of sp³-hybridized carbons (Fsp3) is 0.120. The number of anilines is 1. The van der Waals surface area contributed by atoms with Crippen molar-refractivity contribution >= 4 is 17.2 Å². The van der Waals surface area contributed by atoms with Crippen LogP contribution in [0.5, 0.6) is 0 Å². The van der Waals surface area contributed by atoms with Crippen LogP contribution >= 0.6 is 0 Å². The summed E-state index contributed by atoms with van der Waals surface area (Å²) < 4.78 is 79.8. The average molecular weight is 530 g/mol. The third kappa shape index (κ3) is 4.69. The molecule has 3 heterocycles. The minimum atomic E-state index is -4.56. The van der Waals surface area contributed by atoms with E-state index in [0.717, 1.165) is 22.9 Å². The van der Waals surface area contributed by atoms with Crippen LogP contribution in [0.1, 0.15) is 21.7 Å². The van der Waals surface area contributed by atoms with Gasteiger partial charge in [-0.05, 0) is 42.5 Å². The molecular weight excluding hydrogens is 514 g/mol. The van der Waals surface area contributed by atoms with Crippen LogP contribution in [0.15, 0.2) is 79.4 Å². The zero-order valence-electron chi connectivity index (χ0n) is 19.4. The van der Waals surface area contributed by atoms with Crippen molar-refractivity contribution in [3.05, 3.63) is 96.3 Å². The number of rotatable bonds is 4. The van der Waals surface area contributed by atoms with Crippen LogP contribution in [0.2, 0.25) is 0 Å². The third-order valence-corrected chi connectivity index (χ3v) is 5.81. The van der Waals surface area contributed by atoms with Crippen LogP contribution in [-0.4, -0.2) is 37.1 Å². The van der Waals surface area contributed by atoms with E-state index in [1.54, 1.807) is 16.5 Å². The summed E-state index contributed by atoms with van der Waals surface area (Å²) in [5.74, 6) is -0.495. The molecule has 0 atom stereocenters. The molecule has 7 nitrogen and oxygen atoms in total. The lowest BCUT2D eigenvalue weighted by Crippen LogP contribution is -2.27. The molecule has 0 fully saturated rings. The molecule has 2 aromatic carbocycles. The van der Waals surface area contributed by atoms with Gasteiger partial charge >= 0.3 is 12.4 Å². The molecule has 0 aliphatic rings. The van der Waals surface area contributed by atoms with Gasteiger partial charge in [0.25, 0.3) is 5.91 Å². The first-order valence-electron chi connectivity index (χ1n) is 10.9. The fourth-order valence-electron chi connectivity index (χ4n) is 3.78. The molecule has 3 aromatic heterocycles. The first-order chi connectivity index (χ1) is 17.9. The van der Waals surface area contributed by atoms with E-state index >= 15 is 0 Å². The molecule has 0 radical (unpaired) electrons. The van der Waals surface area contributed by atoms with Crippen molar-refractivity contribution in [2.75, 3.05) is 11.9 Å². The maximum absolute atomic E-state index is 13.1. The molecule has 13 heteroatoms. The van der Waals surface area contributed by atoms with E-state index in [4.69, 9.17) is 0 Å². The largest absolute Gasteiger partial charge is 0.435 e. The fourth-order valence-corrected chi connectivity index (χ4v) is 3.78. The molecule has 38 heavy (non-hydrogen) atoms. The molecule has 0 bridgehead atoms. The third-order valence-electron chi connectivity index (χ3n) is 5.81. The molecule has 5 aromatic rings. The second-order valence-corrected chi connectivity index (χ2v) is 8.24. The molecule has 0 spiro atoms. The van der Waals surface area contributed by atoms with E-state index in [1.807, 2.05) is 0 Å². The van der Waals surface area contributed by atoms with Crippen LogP contribution in [0.4, 0.5) is 32.0 Å². The maximum atomic E-state index is 13.1. The first kappa shape index (κ1) is 25.0. The average Bonchev–Trinajstić information content (AvgIpc) is 3.55. The number of alkyl halides is 6. The molecule has 0 saturated carbocycles. The number of amides is 1. The minimum Gasteiger partial charge on any atom is -0.310 e. The molecular formula is C25H16F6N6O. The van der Waals surface area contributed by atoms with Gasteiger partial charge in [0.15, 0.2) is 11.3 Å². The van der Waals surface area contributed by atoms with Gasteiger partial charge in [-0.2, -0.15) is 31.4 Å². The van der Waals surface area contributed by atoms with Gasteiger partial charge in [-0.15, -0.1) is 0 Å². The van der Waals surface area contributed by atoms with Gasteiger partial charge in [-0.3, -0.25) is 9.20 Å². The Labute approximate surface area is 210 Å². The Bertz CT molecular complexity index is 1620. The second kappa shape index (κ2) is 9.01. The summed E-state index contributed by atoms with van der Waals surface area (Å²) in [5, 5.41) is 3.52. The molecule has 0 N–H and O–H groups in total. The van der Waals surface area contributed by atoms with Gasteiger partial charge in [-0.1, -0.05) is 12.1 Å². The Balaban J connectivity index is 1.39. The van der Waals surface area contributed by atoms with Crippen molar-refractivity contribution in [3.63, 3.8) is 0 Å². The van der Waals surface area contributed by atoms with Crippen molar-refractivity contribution in [3.8, 4) is 16.9 Å². The molecule has 0 unspecified atom stereocenters. The SMILES string of the molecule is CN(C(=O)c1cn2c(-c3ccc(C(F)(F)F)cc3)cnc2cn1)c1ccc(-n2ccc(C(F)(F)F)n2)cc1. The highest BCUT2D eigenvalue weighted by Crippen LogP contribution is 2.31. The van der Waals surface area contributed by atoms with E-state index in [2.05, 4.69) is 15.1 Å². The lowest BCUT2D eigenvalue weighted by atomic mass is 10.1. The number of halogens is 6. The van der Waals surface area contributed by atoms with Crippen molar-refractivity contribution < 1.29 is 31.1 Å². The minimum absolute atomic E-state index is 0.0390. The highest BCUT2D eigenvalue weighted by Gasteiger charge is 2.33. The van der Waals surface area contributed by atoms with E-state index in [9.17, 15) is 31.1 Å². The van der Waals surface area contributed by atoms with Crippen LogP contribution in [-0.2, 0) is 12.4 Å². The monoisotopic (exact) mass is 530 g/mol. The number of carbonyl (C=O) groups is 1. The zero-order chi connectivity index (χ0) is 27.2. The molecule has 0 saturated heterocycles. The lowest BCUT2D eigenvalue weighted by molar-refractivity contribution is -0.141. The van der Waals surface area contributed by atoms with E-state index in [0.29, 0.717) is 28.3 Å². The summed E-state index contributed by atoms with van der Waals surface area (Å²) in [6, 6.07) is 11.6. The number of aromatic nitrogens is 5. The number of fused-ring (bicyclic) bond motifs is 1. The predicted molar refractivity (Wildman–Crippen MR) is 125 cm³/mol. The van der Waals surface area contributed by atoms with Crippen LogP contribution in [0.3, 0.4) is 0 Å². The van der Waals surface area contributed by atoms with E-state index < -0.39 is 29.5 Å². The van der Waals surface area contributed by atoms with Crippen LogP contribution < -0.4 is 4.90 Å². The Hall–Kier alpha value is -4.68. The van der Waals surface area contributed by atoms with Crippen LogP contribution in [0.25, 0.3) is 22.6 Å². The van der Waals surface area contributed by atoms with Gasteiger partial charge in [0, 0.05) is 30.7 Å². The molecule has 0 aliphatic heterocycles. The predicted octanol–water partition coefficient (Wildman–Crippen LogP) is 5.90. The second-order valence-electron chi connectivity index (χ2n) is 8.24. The summed E-state index contributed by atoms with van der Waals surface area (Å²) in [5.41, 5.74) is 0.361. The van der Waals surface area contributed by atoms with Gasteiger partial charge in [0.05, 0.1) is 29.3 Å². The Morgan fingerprint density at radius 1 is 0.842 bits per heavy atom. The van der Waals surface area contributed by atoms with Gasteiger partial charge < -0.3 is 4.90 Å². The van der Waals surface area contributed by atoms with Crippen LogP contribution in [0, 0.1) is 0 Å². The van der Waals surface area contributed by atoms with Crippen molar-refractivity contribution in [1.29, 1.82) is 0 Å². The maximum Gasteiger partial charge on any atom is 0.435 e. The number of hydrogen-bond donors (Lipinski definition) is 0. The summed E-state index contributed by atoms with van der Waals surface area (Å²) in [6.45, 7) is 0. The summed E-state index contributed by atoms with van der Waals surface area (Å²) in [6.07, 6.45) is -3.57. The van der Waals surface area contributed by atoms with Gasteiger partial charge in [0.2, 0.25) is 0 Å².